The van der Waals surface area contributed by atoms with Crippen molar-refractivity contribution in [2.75, 3.05) is 0 Å². The first-order chi connectivity index (χ1) is 17.5. The van der Waals surface area contributed by atoms with E-state index in [0.717, 1.165) is 65.4 Å². The van der Waals surface area contributed by atoms with Gasteiger partial charge in [0.2, 0.25) is 0 Å². The molecule has 5 rings (SSSR count). The fraction of sp³-hybridized carbons (Fsp3) is 0.771. The van der Waals surface area contributed by atoms with Gasteiger partial charge in [-0.1, -0.05) is 77.3 Å². The molecule has 4 aliphatic carbocycles. The molecule has 4 fully saturated rings. The number of fused-ring (bicyclic) bond motifs is 5. The molecule has 4 saturated carbocycles. The normalized spacial score (nSPS) is 41.8. The molecule has 0 spiro atoms. The van der Waals surface area contributed by atoms with E-state index in [1.165, 1.54) is 57.8 Å². The van der Waals surface area contributed by atoms with Gasteiger partial charge in [-0.2, -0.15) is 0 Å². The standard InChI is InChI=1S/C35H51ClO/c1-24(2)7-6-8-25(3)30-15-16-31-29-14-11-27-23-35(37,20-17-26-9-12-28(36)13-10-26)22-21-33(27,4)32(29)18-19-34(30,31)5/h9-10,12-13,24-25,27,29-32,37H,6-8,11,14-16,18-19,21-23H2,1-5H3/t25-,27+,29-,30-,31+,32-,33+,34-,35+/m1/s1. The fourth-order valence-electron chi connectivity index (χ4n) is 10.1. The van der Waals surface area contributed by atoms with Crippen LogP contribution in [-0.4, -0.2) is 10.7 Å². The van der Waals surface area contributed by atoms with Gasteiger partial charge in [0, 0.05) is 10.6 Å². The van der Waals surface area contributed by atoms with Crippen LogP contribution in [0.2, 0.25) is 5.02 Å². The van der Waals surface area contributed by atoms with Crippen molar-refractivity contribution in [3.05, 3.63) is 34.9 Å². The predicted octanol–water partition coefficient (Wildman–Crippen LogP) is 9.54. The maximum absolute atomic E-state index is 11.5. The van der Waals surface area contributed by atoms with E-state index in [4.69, 9.17) is 11.6 Å². The number of halogens is 1. The third-order valence-corrected chi connectivity index (χ3v) is 12.5. The second-order valence-corrected chi connectivity index (χ2v) is 15.1. The first kappa shape index (κ1) is 27.6. The molecule has 204 valence electrons. The van der Waals surface area contributed by atoms with Crippen LogP contribution < -0.4 is 0 Å². The van der Waals surface area contributed by atoms with Gasteiger partial charge in [0.25, 0.3) is 0 Å². The van der Waals surface area contributed by atoms with Gasteiger partial charge in [-0.25, -0.2) is 0 Å². The van der Waals surface area contributed by atoms with E-state index in [9.17, 15) is 5.11 Å². The SMILES string of the molecule is CC(C)CCC[C@@H](C)[C@H]1CC[C@H]2[C@H]3CC[C@H]4C[C@](O)(C#Cc5ccc(Cl)cc5)CC[C@]4(C)[C@@H]3CC[C@]12C. The Morgan fingerprint density at radius 1 is 0.892 bits per heavy atom. The Morgan fingerprint density at radius 3 is 2.35 bits per heavy atom. The summed E-state index contributed by atoms with van der Waals surface area (Å²) in [4.78, 5) is 0. The zero-order valence-corrected chi connectivity index (χ0v) is 24.9. The van der Waals surface area contributed by atoms with Crippen LogP contribution in [0.1, 0.15) is 117 Å². The van der Waals surface area contributed by atoms with Crippen molar-refractivity contribution in [1.82, 2.24) is 0 Å². The van der Waals surface area contributed by atoms with Crippen LogP contribution in [0.15, 0.2) is 24.3 Å². The van der Waals surface area contributed by atoms with E-state index in [2.05, 4.69) is 46.5 Å². The lowest BCUT2D eigenvalue weighted by molar-refractivity contribution is -0.140. The Kier molecular flexibility index (Phi) is 7.86. The smallest absolute Gasteiger partial charge is 0.126 e. The Bertz CT molecular complexity index is 1000. The van der Waals surface area contributed by atoms with Crippen molar-refractivity contribution in [3.8, 4) is 11.8 Å². The molecule has 9 atom stereocenters. The lowest BCUT2D eigenvalue weighted by Gasteiger charge is -2.62. The molecule has 0 saturated heterocycles. The maximum Gasteiger partial charge on any atom is 0.126 e. The molecule has 1 aromatic rings. The summed E-state index contributed by atoms with van der Waals surface area (Å²) in [5.74, 6) is 12.5. The Hall–Kier alpha value is -0.970. The summed E-state index contributed by atoms with van der Waals surface area (Å²) >= 11 is 6.03. The van der Waals surface area contributed by atoms with Crippen molar-refractivity contribution >= 4 is 11.6 Å². The van der Waals surface area contributed by atoms with E-state index in [1.54, 1.807) is 0 Å². The van der Waals surface area contributed by atoms with Gasteiger partial charge in [0.15, 0.2) is 0 Å². The number of aliphatic hydroxyl groups is 1. The van der Waals surface area contributed by atoms with Crippen molar-refractivity contribution in [1.29, 1.82) is 0 Å². The molecule has 0 unspecified atom stereocenters. The fourth-order valence-corrected chi connectivity index (χ4v) is 10.2. The minimum atomic E-state index is -0.844. The van der Waals surface area contributed by atoms with Gasteiger partial charge in [0.1, 0.15) is 5.60 Å². The summed E-state index contributed by atoms with van der Waals surface area (Å²) in [5, 5.41) is 12.3. The lowest BCUT2D eigenvalue weighted by Crippen LogP contribution is -2.55. The minimum Gasteiger partial charge on any atom is -0.378 e. The largest absolute Gasteiger partial charge is 0.378 e. The molecule has 2 heteroatoms. The van der Waals surface area contributed by atoms with Crippen molar-refractivity contribution in [3.63, 3.8) is 0 Å². The quantitative estimate of drug-likeness (QED) is 0.381. The molecule has 0 amide bonds. The van der Waals surface area contributed by atoms with Gasteiger partial charge in [0.05, 0.1) is 0 Å². The summed E-state index contributed by atoms with van der Waals surface area (Å²) in [7, 11) is 0. The minimum absolute atomic E-state index is 0.374. The molecule has 37 heavy (non-hydrogen) atoms. The summed E-state index contributed by atoms with van der Waals surface area (Å²) in [5.41, 5.74) is 1.03. The highest BCUT2D eigenvalue weighted by Gasteiger charge is 2.61. The van der Waals surface area contributed by atoms with Gasteiger partial charge in [-0.05, 0) is 134 Å². The lowest BCUT2D eigenvalue weighted by atomic mass is 9.43. The summed E-state index contributed by atoms with van der Waals surface area (Å²) < 4.78 is 0. The van der Waals surface area contributed by atoms with Crippen molar-refractivity contribution in [2.45, 2.75) is 117 Å². The second-order valence-electron chi connectivity index (χ2n) is 14.7. The average Bonchev–Trinajstić information content (AvgIpc) is 3.21. The van der Waals surface area contributed by atoms with Crippen LogP contribution in [0.25, 0.3) is 0 Å². The number of benzene rings is 1. The van der Waals surface area contributed by atoms with Crippen LogP contribution in [0.4, 0.5) is 0 Å². The molecular formula is C35H51ClO. The molecule has 0 aromatic heterocycles. The molecule has 0 aliphatic heterocycles. The maximum atomic E-state index is 11.5. The Morgan fingerprint density at radius 2 is 1.62 bits per heavy atom. The summed E-state index contributed by atoms with van der Waals surface area (Å²) in [6.45, 7) is 12.6. The van der Waals surface area contributed by atoms with Crippen LogP contribution in [-0.2, 0) is 0 Å². The third kappa shape index (κ3) is 5.29. The zero-order valence-electron chi connectivity index (χ0n) is 24.2. The summed E-state index contributed by atoms with van der Waals surface area (Å²) in [6, 6.07) is 7.67. The second kappa shape index (κ2) is 10.5. The van der Waals surface area contributed by atoms with Gasteiger partial charge in [-0.3, -0.25) is 0 Å². The number of hydrogen-bond acceptors (Lipinski definition) is 1. The molecule has 0 radical (unpaired) electrons. The predicted molar refractivity (Wildman–Crippen MR) is 156 cm³/mol. The summed E-state index contributed by atoms with van der Waals surface area (Å²) in [6.07, 6.45) is 15.5. The number of rotatable bonds is 5. The molecule has 0 bridgehead atoms. The van der Waals surface area contributed by atoms with Crippen LogP contribution in [0, 0.1) is 64.1 Å². The Balaban J connectivity index is 1.26. The average molecular weight is 523 g/mol. The molecule has 1 nitrogen and oxygen atoms in total. The molecular weight excluding hydrogens is 472 g/mol. The highest BCUT2D eigenvalue weighted by atomic mass is 35.5. The highest BCUT2D eigenvalue weighted by Crippen LogP contribution is 2.68. The first-order valence-electron chi connectivity index (χ1n) is 15.6. The zero-order chi connectivity index (χ0) is 26.4. The van der Waals surface area contributed by atoms with E-state index < -0.39 is 5.60 Å². The molecule has 1 aromatic carbocycles. The van der Waals surface area contributed by atoms with E-state index >= 15 is 0 Å². The Labute approximate surface area is 232 Å². The van der Waals surface area contributed by atoms with Crippen LogP contribution >= 0.6 is 11.6 Å². The highest BCUT2D eigenvalue weighted by molar-refractivity contribution is 6.30. The monoisotopic (exact) mass is 522 g/mol. The topological polar surface area (TPSA) is 20.2 Å². The van der Waals surface area contributed by atoms with Gasteiger partial charge < -0.3 is 5.11 Å². The van der Waals surface area contributed by atoms with Crippen LogP contribution in [0.3, 0.4) is 0 Å². The van der Waals surface area contributed by atoms with Crippen LogP contribution in [0.5, 0.6) is 0 Å². The molecule has 1 N–H and O–H groups in total. The first-order valence-corrected chi connectivity index (χ1v) is 15.9. The van der Waals surface area contributed by atoms with E-state index in [1.807, 2.05) is 24.3 Å². The molecule has 0 heterocycles. The number of hydrogen-bond donors (Lipinski definition) is 1. The van der Waals surface area contributed by atoms with Gasteiger partial charge >= 0.3 is 0 Å². The van der Waals surface area contributed by atoms with E-state index in [0.29, 0.717) is 16.7 Å². The third-order valence-electron chi connectivity index (χ3n) is 12.2. The van der Waals surface area contributed by atoms with E-state index in [-0.39, 0.29) is 0 Å². The van der Waals surface area contributed by atoms with Crippen molar-refractivity contribution < 1.29 is 5.11 Å². The van der Waals surface area contributed by atoms with Crippen molar-refractivity contribution in [2.24, 2.45) is 52.3 Å². The van der Waals surface area contributed by atoms with Gasteiger partial charge in [-0.15, -0.1) is 0 Å². The molecule has 4 aliphatic rings.